The van der Waals surface area contributed by atoms with Crippen LogP contribution in [0.15, 0.2) is 49.1 Å². The van der Waals surface area contributed by atoms with E-state index in [1.807, 2.05) is 32.9 Å². The standard InChI is InChI=1S/C19H20O3P/c1-5-10-22-23(21)17-8-6-16(7-9-17)19(20)18-14(3)11-13(2)12-15(18)4/h5-9,11-12H,1,10H2,2-4H3/q+1. The first kappa shape index (κ1) is 17.3. The van der Waals surface area contributed by atoms with Crippen molar-refractivity contribution in [3.63, 3.8) is 0 Å². The molecule has 0 amide bonds. The Labute approximate surface area is 137 Å². The van der Waals surface area contributed by atoms with Crippen LogP contribution in [-0.4, -0.2) is 12.4 Å². The van der Waals surface area contributed by atoms with E-state index in [2.05, 4.69) is 6.58 Å². The van der Waals surface area contributed by atoms with Crippen LogP contribution in [0.1, 0.15) is 32.6 Å². The van der Waals surface area contributed by atoms with Crippen LogP contribution in [0.3, 0.4) is 0 Å². The van der Waals surface area contributed by atoms with E-state index in [-0.39, 0.29) is 12.4 Å². The second kappa shape index (κ2) is 7.45. The molecule has 2 aromatic rings. The van der Waals surface area contributed by atoms with E-state index in [0.717, 1.165) is 22.3 Å². The smallest absolute Gasteiger partial charge is 0.289 e. The molecule has 0 aliphatic rings. The molecule has 1 atom stereocenters. The Morgan fingerprint density at radius 2 is 1.70 bits per heavy atom. The quantitative estimate of drug-likeness (QED) is 0.448. The maximum atomic E-state index is 12.7. The molecule has 2 rings (SSSR count). The molecule has 1 unspecified atom stereocenters. The molecule has 0 N–H and O–H groups in total. The fraction of sp³-hybridized carbons (Fsp3) is 0.211. The number of rotatable bonds is 6. The van der Waals surface area contributed by atoms with Crippen LogP contribution >= 0.6 is 8.03 Å². The zero-order valence-electron chi connectivity index (χ0n) is 13.6. The van der Waals surface area contributed by atoms with Crippen molar-refractivity contribution >= 4 is 19.1 Å². The van der Waals surface area contributed by atoms with Gasteiger partial charge in [-0.05, 0) is 60.7 Å². The molecule has 4 heteroatoms. The maximum Gasteiger partial charge on any atom is 0.549 e. The Morgan fingerprint density at radius 1 is 1.13 bits per heavy atom. The van der Waals surface area contributed by atoms with E-state index < -0.39 is 8.03 Å². The van der Waals surface area contributed by atoms with E-state index in [9.17, 15) is 9.36 Å². The molecule has 0 heterocycles. The van der Waals surface area contributed by atoms with Gasteiger partial charge in [-0.3, -0.25) is 4.79 Å². The van der Waals surface area contributed by atoms with Crippen molar-refractivity contribution in [3.8, 4) is 0 Å². The van der Waals surface area contributed by atoms with Crippen LogP contribution in [0.25, 0.3) is 0 Å². The Morgan fingerprint density at radius 3 is 2.22 bits per heavy atom. The summed E-state index contributed by atoms with van der Waals surface area (Å²) in [5.41, 5.74) is 4.39. The monoisotopic (exact) mass is 327 g/mol. The van der Waals surface area contributed by atoms with Gasteiger partial charge in [0.25, 0.3) is 0 Å². The molecule has 0 aliphatic carbocycles. The highest BCUT2D eigenvalue weighted by molar-refractivity contribution is 7.48. The summed E-state index contributed by atoms with van der Waals surface area (Å²) in [6.07, 6.45) is 1.55. The summed E-state index contributed by atoms with van der Waals surface area (Å²) in [5, 5.41) is 0.566. The first-order valence-corrected chi connectivity index (χ1v) is 8.55. The lowest BCUT2D eigenvalue weighted by atomic mass is 9.93. The van der Waals surface area contributed by atoms with Crippen LogP contribution in [0.4, 0.5) is 0 Å². The minimum absolute atomic E-state index is 0.0196. The number of hydrogen-bond donors (Lipinski definition) is 0. The average Bonchev–Trinajstić information content (AvgIpc) is 2.51. The molecule has 0 saturated carbocycles. The molecule has 23 heavy (non-hydrogen) atoms. The highest BCUT2D eigenvalue weighted by Crippen LogP contribution is 2.23. The summed E-state index contributed by atoms with van der Waals surface area (Å²) < 4.78 is 17.0. The highest BCUT2D eigenvalue weighted by atomic mass is 31.1. The van der Waals surface area contributed by atoms with Gasteiger partial charge in [-0.1, -0.05) is 23.8 Å². The number of ketones is 1. The molecule has 118 valence electrons. The Balaban J connectivity index is 2.28. The SMILES string of the molecule is C=CCO[P+](=O)c1ccc(C(=O)c2c(C)cc(C)cc2C)cc1. The largest absolute Gasteiger partial charge is 0.549 e. The molecule has 3 nitrogen and oxygen atoms in total. The first-order valence-electron chi connectivity index (χ1n) is 7.37. The summed E-state index contributed by atoms with van der Waals surface area (Å²) >= 11 is 0. The van der Waals surface area contributed by atoms with Crippen molar-refractivity contribution in [2.24, 2.45) is 0 Å². The van der Waals surface area contributed by atoms with E-state index in [1.54, 1.807) is 30.3 Å². The van der Waals surface area contributed by atoms with Crippen molar-refractivity contribution < 1.29 is 13.9 Å². The van der Waals surface area contributed by atoms with Crippen molar-refractivity contribution in [2.45, 2.75) is 20.8 Å². The van der Waals surface area contributed by atoms with Gasteiger partial charge in [-0.2, -0.15) is 0 Å². The summed E-state index contributed by atoms with van der Waals surface area (Å²) in [6.45, 7) is 9.66. The average molecular weight is 327 g/mol. The molecule has 0 radical (unpaired) electrons. The van der Waals surface area contributed by atoms with Gasteiger partial charge >= 0.3 is 8.03 Å². The topological polar surface area (TPSA) is 43.4 Å². The molecule has 2 aromatic carbocycles. The molecule has 0 aromatic heterocycles. The number of hydrogen-bond acceptors (Lipinski definition) is 3. The van der Waals surface area contributed by atoms with E-state index in [0.29, 0.717) is 10.9 Å². The van der Waals surface area contributed by atoms with Crippen LogP contribution in [0.2, 0.25) is 0 Å². The Kier molecular flexibility index (Phi) is 5.59. The van der Waals surface area contributed by atoms with Gasteiger partial charge < -0.3 is 0 Å². The van der Waals surface area contributed by atoms with Crippen molar-refractivity contribution in [1.29, 1.82) is 0 Å². The normalized spacial score (nSPS) is 11.2. The van der Waals surface area contributed by atoms with E-state index in [1.165, 1.54) is 0 Å². The zero-order chi connectivity index (χ0) is 17.0. The summed E-state index contributed by atoms with van der Waals surface area (Å²) in [5.74, 6) is -0.0196. The van der Waals surface area contributed by atoms with Crippen molar-refractivity contribution in [1.82, 2.24) is 0 Å². The van der Waals surface area contributed by atoms with Gasteiger partial charge in [0.2, 0.25) is 5.30 Å². The van der Waals surface area contributed by atoms with Gasteiger partial charge in [0, 0.05) is 11.1 Å². The fourth-order valence-electron chi connectivity index (χ4n) is 2.61. The lowest BCUT2D eigenvalue weighted by molar-refractivity contribution is 0.103. The van der Waals surface area contributed by atoms with Crippen molar-refractivity contribution in [2.75, 3.05) is 6.61 Å². The van der Waals surface area contributed by atoms with Crippen LogP contribution < -0.4 is 5.30 Å². The lowest BCUT2D eigenvalue weighted by Gasteiger charge is -2.10. The molecule has 0 aliphatic heterocycles. The predicted octanol–water partition coefficient (Wildman–Crippen LogP) is 4.41. The van der Waals surface area contributed by atoms with Gasteiger partial charge in [-0.15, -0.1) is 11.1 Å². The third-order valence-corrected chi connectivity index (χ3v) is 4.66. The van der Waals surface area contributed by atoms with Gasteiger partial charge in [0.15, 0.2) is 5.78 Å². The molecule has 0 saturated heterocycles. The molecular formula is C19H20O3P+. The summed E-state index contributed by atoms with van der Waals surface area (Å²) in [6, 6.07) is 10.8. The number of carbonyl (C=O) groups excluding carboxylic acids is 1. The minimum Gasteiger partial charge on any atom is -0.289 e. The number of aryl methyl sites for hydroxylation is 3. The van der Waals surface area contributed by atoms with Gasteiger partial charge in [0.05, 0.1) is 0 Å². The highest BCUT2D eigenvalue weighted by Gasteiger charge is 2.22. The second-order valence-corrected chi connectivity index (χ2v) is 6.78. The van der Waals surface area contributed by atoms with E-state index >= 15 is 0 Å². The molecule has 0 spiro atoms. The van der Waals surface area contributed by atoms with Crippen LogP contribution in [0.5, 0.6) is 0 Å². The molecular weight excluding hydrogens is 307 g/mol. The Bertz CT molecular complexity index is 738. The predicted molar refractivity (Wildman–Crippen MR) is 93.9 cm³/mol. The van der Waals surface area contributed by atoms with Gasteiger partial charge in [0.1, 0.15) is 6.61 Å². The molecule has 0 bridgehead atoms. The van der Waals surface area contributed by atoms with Crippen LogP contribution in [-0.2, 0) is 9.09 Å². The third-order valence-electron chi connectivity index (χ3n) is 3.55. The third kappa shape index (κ3) is 4.01. The lowest BCUT2D eigenvalue weighted by Crippen LogP contribution is -2.08. The Hall–Kier alpha value is -2.09. The number of carbonyl (C=O) groups is 1. The minimum atomic E-state index is -1.92. The maximum absolute atomic E-state index is 12.7. The van der Waals surface area contributed by atoms with Crippen molar-refractivity contribution in [3.05, 3.63) is 76.9 Å². The molecule has 0 fully saturated rings. The number of benzene rings is 2. The summed E-state index contributed by atoms with van der Waals surface area (Å²) in [7, 11) is -1.92. The second-order valence-electron chi connectivity index (χ2n) is 5.49. The first-order chi connectivity index (χ1) is 10.9. The summed E-state index contributed by atoms with van der Waals surface area (Å²) in [4.78, 5) is 12.7. The van der Waals surface area contributed by atoms with Crippen LogP contribution in [0, 0.1) is 20.8 Å². The zero-order valence-corrected chi connectivity index (χ0v) is 14.5. The fourth-order valence-corrected chi connectivity index (χ4v) is 3.39. The van der Waals surface area contributed by atoms with E-state index in [4.69, 9.17) is 4.52 Å². The van der Waals surface area contributed by atoms with Gasteiger partial charge in [-0.25, -0.2) is 0 Å².